The van der Waals surface area contributed by atoms with E-state index in [4.69, 9.17) is 5.10 Å². The first kappa shape index (κ1) is 19.7. The van der Waals surface area contributed by atoms with Gasteiger partial charge in [0.2, 0.25) is 0 Å². The Kier molecular flexibility index (Phi) is 6.42. The van der Waals surface area contributed by atoms with Crippen molar-refractivity contribution < 1.29 is 0 Å². The summed E-state index contributed by atoms with van der Waals surface area (Å²) in [6.07, 6.45) is 12.7. The third kappa shape index (κ3) is 3.98. The number of thiol groups is 1. The molecule has 0 saturated carbocycles. The molecule has 5 heteroatoms. The van der Waals surface area contributed by atoms with Gasteiger partial charge in [-0.05, 0) is 50.1 Å². The van der Waals surface area contributed by atoms with Crippen molar-refractivity contribution in [3.63, 3.8) is 0 Å². The second kappa shape index (κ2) is 8.79. The van der Waals surface area contributed by atoms with Gasteiger partial charge in [-0.25, -0.2) is 0 Å². The predicted octanol–water partition coefficient (Wildman–Crippen LogP) is 5.40. The summed E-state index contributed by atoms with van der Waals surface area (Å²) in [7, 11) is 2.08. The molecule has 0 saturated heterocycles. The summed E-state index contributed by atoms with van der Waals surface area (Å²) in [4.78, 5) is 6.90. The van der Waals surface area contributed by atoms with Gasteiger partial charge >= 0.3 is 0 Å². The van der Waals surface area contributed by atoms with Crippen LogP contribution in [-0.2, 0) is 13.5 Å². The van der Waals surface area contributed by atoms with Crippen molar-refractivity contribution in [3.8, 4) is 0 Å². The summed E-state index contributed by atoms with van der Waals surface area (Å²) in [5.41, 5.74) is 6.28. The molecule has 0 aromatic carbocycles. The number of hydrogen-bond acceptors (Lipinski definition) is 4. The second-order valence-corrected chi connectivity index (χ2v) is 7.55. The number of fused-ring (bicyclic) bond motifs is 1. The maximum Gasteiger partial charge on any atom is 0.158 e. The van der Waals surface area contributed by atoms with Crippen molar-refractivity contribution in [1.29, 1.82) is 0 Å². The van der Waals surface area contributed by atoms with E-state index < -0.39 is 0 Å². The van der Waals surface area contributed by atoms with Crippen molar-refractivity contribution in [3.05, 3.63) is 58.4 Å². The molecule has 1 unspecified atom stereocenters. The third-order valence-electron chi connectivity index (χ3n) is 5.31. The van der Waals surface area contributed by atoms with Gasteiger partial charge in [0.1, 0.15) is 0 Å². The number of pyridine rings is 1. The lowest BCUT2D eigenvalue weighted by Gasteiger charge is -2.30. The van der Waals surface area contributed by atoms with Crippen molar-refractivity contribution in [2.24, 2.45) is 7.05 Å². The minimum absolute atomic E-state index is 0.372. The van der Waals surface area contributed by atoms with Crippen LogP contribution in [0.4, 0.5) is 11.5 Å². The Morgan fingerprint density at radius 3 is 2.81 bits per heavy atom. The summed E-state index contributed by atoms with van der Waals surface area (Å²) in [6, 6.07) is 2.09. The van der Waals surface area contributed by atoms with Gasteiger partial charge in [0.05, 0.1) is 17.1 Å². The zero-order valence-electron chi connectivity index (χ0n) is 16.8. The first-order chi connectivity index (χ1) is 13.1. The number of nitrogens with zero attached hydrogens (tertiary/aromatic N) is 4. The highest BCUT2D eigenvalue weighted by atomic mass is 32.1. The van der Waals surface area contributed by atoms with Crippen LogP contribution in [-0.4, -0.2) is 21.3 Å². The molecule has 1 aliphatic rings. The molecule has 4 nitrogen and oxygen atoms in total. The van der Waals surface area contributed by atoms with Gasteiger partial charge in [-0.2, -0.15) is 17.7 Å². The SMILES string of the molecule is CCCC(/C=C/C=C\S)c1c2c(nn1C)N(c1c(C)ccnc1C)CCC2. The van der Waals surface area contributed by atoms with Crippen molar-refractivity contribution in [2.75, 3.05) is 11.4 Å². The molecule has 3 heterocycles. The molecule has 0 spiro atoms. The molecule has 3 rings (SSSR count). The van der Waals surface area contributed by atoms with Crippen LogP contribution in [0.2, 0.25) is 0 Å². The molecule has 0 amide bonds. The standard InChI is InChI=1S/C22H30N4S/c1-5-9-18(10-6-7-15-27)21-19-11-8-14-26(22(19)24-25(21)4)20-16(2)12-13-23-17(20)3/h6-7,10,12-13,15,18,27H,5,8-9,11,14H2,1-4H3/b10-6+,15-7-. The molecular formula is C22H30N4S. The largest absolute Gasteiger partial charge is 0.323 e. The average molecular weight is 383 g/mol. The Morgan fingerprint density at radius 2 is 2.11 bits per heavy atom. The van der Waals surface area contributed by atoms with Gasteiger partial charge in [0.15, 0.2) is 5.82 Å². The molecule has 27 heavy (non-hydrogen) atoms. The molecule has 0 N–H and O–H groups in total. The molecule has 2 aromatic heterocycles. The van der Waals surface area contributed by atoms with E-state index in [-0.39, 0.29) is 0 Å². The van der Waals surface area contributed by atoms with E-state index in [0.717, 1.165) is 43.7 Å². The zero-order chi connectivity index (χ0) is 19.4. The Labute approximate surface area is 168 Å². The molecule has 1 aliphatic heterocycles. The first-order valence-electron chi connectivity index (χ1n) is 9.81. The van der Waals surface area contributed by atoms with Crippen molar-refractivity contribution >= 4 is 24.1 Å². The first-order valence-corrected chi connectivity index (χ1v) is 10.3. The maximum atomic E-state index is 4.97. The monoisotopic (exact) mass is 382 g/mol. The molecule has 144 valence electrons. The molecular weight excluding hydrogens is 352 g/mol. The van der Waals surface area contributed by atoms with Crippen LogP contribution >= 0.6 is 12.6 Å². The predicted molar refractivity (Wildman–Crippen MR) is 117 cm³/mol. The highest BCUT2D eigenvalue weighted by molar-refractivity contribution is 7.83. The molecule has 1 atom stereocenters. The Bertz CT molecular complexity index is 830. The topological polar surface area (TPSA) is 34.0 Å². The van der Waals surface area contributed by atoms with Gasteiger partial charge in [-0.15, -0.1) is 0 Å². The molecule has 0 fully saturated rings. The Morgan fingerprint density at radius 1 is 1.30 bits per heavy atom. The fourth-order valence-corrected chi connectivity index (χ4v) is 4.30. The zero-order valence-corrected chi connectivity index (χ0v) is 17.7. The number of aromatic nitrogens is 3. The molecule has 2 aromatic rings. The smallest absolute Gasteiger partial charge is 0.158 e. The van der Waals surface area contributed by atoms with Crippen LogP contribution in [0.1, 0.15) is 54.6 Å². The van der Waals surface area contributed by atoms with E-state index in [2.05, 4.69) is 73.2 Å². The lowest BCUT2D eigenvalue weighted by molar-refractivity contribution is 0.625. The number of rotatable bonds is 6. The van der Waals surface area contributed by atoms with E-state index in [1.807, 2.05) is 12.3 Å². The van der Waals surface area contributed by atoms with Gasteiger partial charge in [-0.3, -0.25) is 9.67 Å². The van der Waals surface area contributed by atoms with E-state index in [1.165, 1.54) is 22.5 Å². The van der Waals surface area contributed by atoms with Crippen LogP contribution in [0.3, 0.4) is 0 Å². The van der Waals surface area contributed by atoms with Crippen LogP contribution in [0.25, 0.3) is 0 Å². The Hall–Kier alpha value is -2.01. The van der Waals surface area contributed by atoms with E-state index in [9.17, 15) is 0 Å². The lowest BCUT2D eigenvalue weighted by Crippen LogP contribution is -2.26. The summed E-state index contributed by atoms with van der Waals surface area (Å²) in [5.74, 6) is 1.48. The highest BCUT2D eigenvalue weighted by Gasteiger charge is 2.29. The van der Waals surface area contributed by atoms with Crippen LogP contribution in [0.5, 0.6) is 0 Å². The van der Waals surface area contributed by atoms with E-state index in [0.29, 0.717) is 5.92 Å². The van der Waals surface area contributed by atoms with Crippen molar-refractivity contribution in [1.82, 2.24) is 14.8 Å². The normalized spacial score (nSPS) is 15.7. The lowest BCUT2D eigenvalue weighted by atomic mass is 9.92. The van der Waals surface area contributed by atoms with E-state index >= 15 is 0 Å². The van der Waals surface area contributed by atoms with Crippen LogP contribution in [0, 0.1) is 13.8 Å². The van der Waals surface area contributed by atoms with Gasteiger partial charge in [-0.1, -0.05) is 31.6 Å². The van der Waals surface area contributed by atoms with Gasteiger partial charge < -0.3 is 4.90 Å². The quantitative estimate of drug-likeness (QED) is 0.536. The fraction of sp³-hybridized carbons (Fsp3) is 0.455. The number of aryl methyl sites for hydroxylation is 3. The van der Waals surface area contributed by atoms with E-state index in [1.54, 1.807) is 5.41 Å². The molecule has 0 aliphatic carbocycles. The number of anilines is 2. The van der Waals surface area contributed by atoms with Gasteiger partial charge in [0, 0.05) is 31.3 Å². The average Bonchev–Trinajstić information content (AvgIpc) is 2.97. The molecule has 0 radical (unpaired) electrons. The van der Waals surface area contributed by atoms with Gasteiger partial charge in [0.25, 0.3) is 0 Å². The number of hydrogen-bond donors (Lipinski definition) is 1. The molecule has 0 bridgehead atoms. The van der Waals surface area contributed by atoms with Crippen molar-refractivity contribution in [2.45, 2.75) is 52.4 Å². The summed E-state index contributed by atoms with van der Waals surface area (Å²) in [5, 5.41) is 6.74. The fourth-order valence-electron chi connectivity index (χ4n) is 4.20. The number of allylic oxidation sites excluding steroid dienone is 3. The minimum Gasteiger partial charge on any atom is -0.323 e. The Balaban J connectivity index is 2.07. The summed E-state index contributed by atoms with van der Waals surface area (Å²) >= 11 is 4.16. The summed E-state index contributed by atoms with van der Waals surface area (Å²) < 4.78 is 2.10. The summed E-state index contributed by atoms with van der Waals surface area (Å²) in [6.45, 7) is 7.49. The minimum atomic E-state index is 0.372. The highest BCUT2D eigenvalue weighted by Crippen LogP contribution is 2.40. The van der Waals surface area contributed by atoms with Crippen LogP contribution < -0.4 is 4.90 Å². The second-order valence-electron chi connectivity index (χ2n) is 7.25. The third-order valence-corrected chi connectivity index (χ3v) is 5.48. The maximum absolute atomic E-state index is 4.97. The van der Waals surface area contributed by atoms with Crippen LogP contribution in [0.15, 0.2) is 35.9 Å².